The quantitative estimate of drug-likeness (QED) is 0.797. The lowest BCUT2D eigenvalue weighted by molar-refractivity contribution is 0.0985. The molecule has 0 radical (unpaired) electrons. The van der Waals surface area contributed by atoms with Crippen LogP contribution in [0.15, 0.2) is 24.3 Å². The van der Waals surface area contributed by atoms with Crippen molar-refractivity contribution >= 4 is 0 Å². The number of hydrogen-bond donors (Lipinski definition) is 2. The zero-order chi connectivity index (χ0) is 12.8. The fraction of sp³-hybridized carbons (Fsp3) is 0.571. The van der Waals surface area contributed by atoms with Gasteiger partial charge in [-0.05, 0) is 30.5 Å². The van der Waals surface area contributed by atoms with E-state index in [2.05, 4.69) is 0 Å². The minimum Gasteiger partial charge on any atom is -0.494 e. The van der Waals surface area contributed by atoms with Crippen molar-refractivity contribution < 1.29 is 9.84 Å². The molecule has 0 aliphatic rings. The fourth-order valence-corrected chi connectivity index (χ4v) is 1.92. The fourth-order valence-electron chi connectivity index (χ4n) is 1.92. The lowest BCUT2D eigenvalue weighted by Gasteiger charge is -2.25. The second-order valence-corrected chi connectivity index (χ2v) is 4.58. The minimum atomic E-state index is -0.405. The molecule has 2 unspecified atom stereocenters. The Labute approximate surface area is 104 Å². The Morgan fingerprint density at radius 1 is 1.24 bits per heavy atom. The van der Waals surface area contributed by atoms with Crippen molar-refractivity contribution in [1.29, 1.82) is 0 Å². The van der Waals surface area contributed by atoms with Crippen LogP contribution in [0, 0.1) is 5.92 Å². The van der Waals surface area contributed by atoms with Crippen molar-refractivity contribution in [1.82, 2.24) is 0 Å². The van der Waals surface area contributed by atoms with Gasteiger partial charge in [0.05, 0.1) is 12.7 Å². The predicted molar refractivity (Wildman–Crippen MR) is 70.3 cm³/mol. The lowest BCUT2D eigenvalue weighted by Crippen LogP contribution is -2.29. The molecule has 0 bridgehead atoms. The van der Waals surface area contributed by atoms with E-state index in [1.165, 1.54) is 0 Å². The van der Waals surface area contributed by atoms with Crippen molar-refractivity contribution in [3.63, 3.8) is 0 Å². The van der Waals surface area contributed by atoms with Crippen LogP contribution >= 0.6 is 0 Å². The van der Waals surface area contributed by atoms with E-state index in [0.717, 1.165) is 11.3 Å². The maximum absolute atomic E-state index is 10.1. The molecule has 3 N–H and O–H groups in total. The molecular weight excluding hydrogens is 214 g/mol. The largest absolute Gasteiger partial charge is 0.494 e. The van der Waals surface area contributed by atoms with Crippen LogP contribution in [0.4, 0.5) is 0 Å². The average molecular weight is 237 g/mol. The Morgan fingerprint density at radius 3 is 2.24 bits per heavy atom. The van der Waals surface area contributed by atoms with Crippen LogP contribution in [0.25, 0.3) is 0 Å². The van der Waals surface area contributed by atoms with E-state index in [0.29, 0.717) is 13.2 Å². The molecule has 0 aliphatic heterocycles. The molecule has 1 aromatic rings. The summed E-state index contributed by atoms with van der Waals surface area (Å²) in [6, 6.07) is 7.81. The topological polar surface area (TPSA) is 55.5 Å². The van der Waals surface area contributed by atoms with E-state index in [-0.39, 0.29) is 11.8 Å². The van der Waals surface area contributed by atoms with Crippen LogP contribution in [0.1, 0.15) is 32.3 Å². The molecule has 2 atom stereocenters. The number of aliphatic hydroxyl groups is 1. The summed E-state index contributed by atoms with van der Waals surface area (Å²) in [5.41, 5.74) is 6.82. The van der Waals surface area contributed by atoms with E-state index in [4.69, 9.17) is 10.5 Å². The molecule has 0 amide bonds. The Hall–Kier alpha value is -1.06. The summed E-state index contributed by atoms with van der Waals surface area (Å²) in [6.07, 6.45) is -0.405. The minimum absolute atomic E-state index is 0.00863. The van der Waals surface area contributed by atoms with Gasteiger partial charge < -0.3 is 15.6 Å². The number of aliphatic hydroxyl groups excluding tert-OH is 1. The third kappa shape index (κ3) is 3.72. The highest BCUT2D eigenvalue weighted by Gasteiger charge is 2.22. The highest BCUT2D eigenvalue weighted by atomic mass is 16.5. The van der Waals surface area contributed by atoms with Crippen LogP contribution in [-0.2, 0) is 0 Å². The maximum Gasteiger partial charge on any atom is 0.119 e. The lowest BCUT2D eigenvalue weighted by atomic mass is 9.87. The summed E-state index contributed by atoms with van der Waals surface area (Å²) in [5, 5.41) is 10.1. The summed E-state index contributed by atoms with van der Waals surface area (Å²) in [6.45, 7) is 7.07. The first-order valence-corrected chi connectivity index (χ1v) is 6.21. The van der Waals surface area contributed by atoms with E-state index in [1.807, 2.05) is 45.0 Å². The molecule has 1 rings (SSSR count). The van der Waals surface area contributed by atoms with Crippen molar-refractivity contribution in [2.75, 3.05) is 13.2 Å². The van der Waals surface area contributed by atoms with Gasteiger partial charge in [-0.25, -0.2) is 0 Å². The van der Waals surface area contributed by atoms with Crippen LogP contribution in [0.5, 0.6) is 5.75 Å². The number of ether oxygens (including phenoxy) is 1. The monoisotopic (exact) mass is 237 g/mol. The van der Waals surface area contributed by atoms with E-state index >= 15 is 0 Å². The Bertz CT molecular complexity index is 321. The van der Waals surface area contributed by atoms with Crippen molar-refractivity contribution in [2.24, 2.45) is 11.7 Å². The molecule has 0 fully saturated rings. The van der Waals surface area contributed by atoms with E-state index in [9.17, 15) is 5.11 Å². The molecule has 0 saturated carbocycles. The molecule has 17 heavy (non-hydrogen) atoms. The molecule has 0 aliphatic carbocycles. The van der Waals surface area contributed by atoms with Crippen LogP contribution in [0.3, 0.4) is 0 Å². The van der Waals surface area contributed by atoms with Gasteiger partial charge in [0, 0.05) is 12.5 Å². The highest BCUT2D eigenvalue weighted by Crippen LogP contribution is 2.25. The van der Waals surface area contributed by atoms with Gasteiger partial charge in [-0.3, -0.25) is 0 Å². The number of benzene rings is 1. The normalized spacial score (nSPS) is 14.7. The molecule has 0 heterocycles. The number of hydrogen-bond acceptors (Lipinski definition) is 3. The van der Waals surface area contributed by atoms with Gasteiger partial charge in [0.2, 0.25) is 0 Å². The second-order valence-electron chi connectivity index (χ2n) is 4.58. The average Bonchev–Trinajstić information content (AvgIpc) is 2.32. The Morgan fingerprint density at radius 2 is 1.82 bits per heavy atom. The molecule has 0 spiro atoms. The maximum atomic E-state index is 10.1. The molecule has 0 saturated heterocycles. The third-order valence-corrected chi connectivity index (χ3v) is 2.97. The highest BCUT2D eigenvalue weighted by molar-refractivity contribution is 5.30. The summed E-state index contributed by atoms with van der Waals surface area (Å²) in [5.74, 6) is 1.05. The Balaban J connectivity index is 2.82. The van der Waals surface area contributed by atoms with Gasteiger partial charge in [0.15, 0.2) is 0 Å². The van der Waals surface area contributed by atoms with Gasteiger partial charge in [0.25, 0.3) is 0 Å². The number of nitrogens with two attached hydrogens (primary N) is 1. The molecule has 3 nitrogen and oxygen atoms in total. The standard InChI is InChI=1S/C14H23NO2/c1-4-17-12-7-5-11(6-8-12)13(9-15)14(16)10(2)3/h5-8,10,13-14,16H,4,9,15H2,1-3H3. The zero-order valence-electron chi connectivity index (χ0n) is 10.9. The SMILES string of the molecule is CCOc1ccc(C(CN)C(O)C(C)C)cc1. The third-order valence-electron chi connectivity index (χ3n) is 2.97. The summed E-state index contributed by atoms with van der Waals surface area (Å²) < 4.78 is 5.39. The molecule has 0 aromatic heterocycles. The molecular formula is C14H23NO2. The van der Waals surface area contributed by atoms with E-state index < -0.39 is 6.10 Å². The predicted octanol–water partition coefficient (Wildman–Crippen LogP) is 2.14. The summed E-state index contributed by atoms with van der Waals surface area (Å²) in [7, 11) is 0. The number of rotatable bonds is 6. The van der Waals surface area contributed by atoms with Crippen molar-refractivity contribution in [2.45, 2.75) is 32.8 Å². The Kier molecular flexibility index (Phi) is 5.45. The summed E-state index contributed by atoms with van der Waals surface area (Å²) >= 11 is 0. The van der Waals surface area contributed by atoms with Crippen LogP contribution in [-0.4, -0.2) is 24.4 Å². The van der Waals surface area contributed by atoms with Crippen molar-refractivity contribution in [3.05, 3.63) is 29.8 Å². The van der Waals surface area contributed by atoms with Gasteiger partial charge >= 0.3 is 0 Å². The first-order valence-electron chi connectivity index (χ1n) is 6.21. The smallest absolute Gasteiger partial charge is 0.119 e. The second kappa shape index (κ2) is 6.62. The van der Waals surface area contributed by atoms with Crippen molar-refractivity contribution in [3.8, 4) is 5.75 Å². The van der Waals surface area contributed by atoms with Gasteiger partial charge in [-0.15, -0.1) is 0 Å². The zero-order valence-corrected chi connectivity index (χ0v) is 10.9. The first kappa shape index (κ1) is 14.0. The molecule has 1 aromatic carbocycles. The van der Waals surface area contributed by atoms with E-state index in [1.54, 1.807) is 0 Å². The van der Waals surface area contributed by atoms with Gasteiger partial charge in [-0.2, -0.15) is 0 Å². The first-order chi connectivity index (χ1) is 8.10. The van der Waals surface area contributed by atoms with Gasteiger partial charge in [0.1, 0.15) is 5.75 Å². The molecule has 3 heteroatoms. The van der Waals surface area contributed by atoms with Crippen LogP contribution < -0.4 is 10.5 Å². The molecule has 96 valence electrons. The summed E-state index contributed by atoms with van der Waals surface area (Å²) in [4.78, 5) is 0. The van der Waals surface area contributed by atoms with Crippen LogP contribution in [0.2, 0.25) is 0 Å². The van der Waals surface area contributed by atoms with Gasteiger partial charge in [-0.1, -0.05) is 26.0 Å².